The van der Waals surface area contributed by atoms with Gasteiger partial charge < -0.3 is 19.3 Å². The molecule has 1 saturated heterocycles. The van der Waals surface area contributed by atoms with Gasteiger partial charge >= 0.3 is 5.97 Å². The summed E-state index contributed by atoms with van der Waals surface area (Å²) in [6, 6.07) is 0. The fourth-order valence-corrected chi connectivity index (χ4v) is 11.6. The normalized spacial score (nSPS) is 53.9. The van der Waals surface area contributed by atoms with E-state index in [9.17, 15) is 14.7 Å². The molecular weight excluding hydrogens is 492 g/mol. The molecule has 13 atom stereocenters. The smallest absolute Gasteiger partial charge is 0.303 e. The molecule has 2 spiro atoms. The summed E-state index contributed by atoms with van der Waals surface area (Å²) in [5, 5.41) is 12.2. The topological polar surface area (TPSA) is 82.1 Å². The maximum Gasteiger partial charge on any atom is 0.303 e. The third-order valence-electron chi connectivity index (χ3n) is 13.6. The van der Waals surface area contributed by atoms with E-state index >= 15 is 0 Å². The van der Waals surface area contributed by atoms with Crippen LogP contribution in [0.2, 0.25) is 0 Å². The van der Waals surface area contributed by atoms with Crippen LogP contribution in [0.25, 0.3) is 0 Å². The summed E-state index contributed by atoms with van der Waals surface area (Å²) in [5.74, 6) is -0.863. The Morgan fingerprint density at radius 1 is 1.23 bits per heavy atom. The van der Waals surface area contributed by atoms with Gasteiger partial charge in [0, 0.05) is 31.8 Å². The number of ketones is 1. The minimum atomic E-state index is -1.76. The Labute approximate surface area is 233 Å². The standard InChI is InChI=1S/C33H48O6/c1-18(16-37-8)21(4)33(36)28(38-22(5)34)20(3)27-25(39-33)15-30(7)26-10-9-23-19(2)24(35)11-12-31(23)17-32(26,31)14-13-29(27,30)6/h11-12,18-20,23,25-28,36H,4,9-10,13-17H2,1-3,5-8H3/t18?,19-,20-,23-,25-,26-,27-,28?,29+,30-,31+,32-,33?/m0/s1. The van der Waals surface area contributed by atoms with E-state index in [1.165, 1.54) is 19.8 Å². The van der Waals surface area contributed by atoms with Crippen molar-refractivity contribution in [1.29, 1.82) is 0 Å². The molecule has 6 heteroatoms. The number of fused-ring (bicyclic) bond motifs is 4. The Balaban J connectivity index is 1.38. The van der Waals surface area contributed by atoms with Crippen LogP contribution < -0.4 is 0 Å². The minimum absolute atomic E-state index is 0.0113. The van der Waals surface area contributed by atoms with Gasteiger partial charge in [0.25, 0.3) is 0 Å². The van der Waals surface area contributed by atoms with Crippen molar-refractivity contribution in [2.24, 2.45) is 57.2 Å². The summed E-state index contributed by atoms with van der Waals surface area (Å²) < 4.78 is 18.0. The molecule has 0 bridgehead atoms. The Bertz CT molecular complexity index is 1130. The van der Waals surface area contributed by atoms with E-state index in [1.54, 1.807) is 7.11 Å². The van der Waals surface area contributed by atoms with Crippen LogP contribution >= 0.6 is 0 Å². The van der Waals surface area contributed by atoms with Gasteiger partial charge in [-0.3, -0.25) is 9.59 Å². The number of aliphatic hydroxyl groups is 1. The molecule has 6 aliphatic rings. The van der Waals surface area contributed by atoms with Crippen molar-refractivity contribution < 1.29 is 28.9 Å². The highest BCUT2D eigenvalue weighted by Gasteiger charge is 2.82. The predicted octanol–water partition coefficient (Wildman–Crippen LogP) is 5.48. The number of methoxy groups -OCH3 is 1. The first-order chi connectivity index (χ1) is 18.2. The average Bonchev–Trinajstić information content (AvgIpc) is 3.47. The van der Waals surface area contributed by atoms with Crippen molar-refractivity contribution in [1.82, 2.24) is 0 Å². The first-order valence-electron chi connectivity index (χ1n) is 15.2. The molecule has 0 aromatic rings. The SMILES string of the molecule is C=C(C(C)COC)C1(O)O[C@H]2C[C@@]3(C)[C@@H]4CC[C@H]5[C@H](C)C(=O)C=C[C@@]56C[C@@]46CC[C@]3(C)[C@H]2[C@H](C)C1OC(C)=O. The van der Waals surface area contributed by atoms with Gasteiger partial charge in [0.15, 0.2) is 11.9 Å². The molecule has 4 saturated carbocycles. The predicted molar refractivity (Wildman–Crippen MR) is 147 cm³/mol. The summed E-state index contributed by atoms with van der Waals surface area (Å²) in [7, 11) is 1.63. The van der Waals surface area contributed by atoms with Crippen molar-refractivity contribution in [3.63, 3.8) is 0 Å². The number of esters is 1. The molecule has 0 radical (unpaired) electrons. The van der Waals surface area contributed by atoms with E-state index < -0.39 is 17.9 Å². The lowest BCUT2D eigenvalue weighted by Gasteiger charge is -2.61. The number of hydrogen-bond donors (Lipinski definition) is 1. The van der Waals surface area contributed by atoms with Crippen molar-refractivity contribution in [2.45, 2.75) is 98.1 Å². The van der Waals surface area contributed by atoms with Gasteiger partial charge in [-0.05, 0) is 89.6 Å². The molecule has 3 unspecified atom stereocenters. The molecule has 6 nitrogen and oxygen atoms in total. The van der Waals surface area contributed by atoms with Crippen molar-refractivity contribution >= 4 is 11.8 Å². The van der Waals surface area contributed by atoms with Gasteiger partial charge in [-0.15, -0.1) is 0 Å². The molecule has 39 heavy (non-hydrogen) atoms. The maximum absolute atomic E-state index is 12.6. The van der Waals surface area contributed by atoms with Crippen LogP contribution in [0, 0.1) is 57.2 Å². The van der Waals surface area contributed by atoms with Crippen LogP contribution in [0.3, 0.4) is 0 Å². The Hall–Kier alpha value is -1.50. The van der Waals surface area contributed by atoms with E-state index in [-0.39, 0.29) is 51.4 Å². The van der Waals surface area contributed by atoms with Crippen LogP contribution in [-0.2, 0) is 23.8 Å². The fraction of sp³-hybridized carbons (Fsp3) is 0.818. The van der Waals surface area contributed by atoms with Crippen LogP contribution in [0.4, 0.5) is 0 Å². The second-order valence-electron chi connectivity index (χ2n) is 14.8. The zero-order chi connectivity index (χ0) is 28.3. The molecule has 5 aliphatic carbocycles. The van der Waals surface area contributed by atoms with E-state index in [1.807, 2.05) is 13.0 Å². The first-order valence-corrected chi connectivity index (χ1v) is 15.2. The van der Waals surface area contributed by atoms with Gasteiger partial charge in [-0.1, -0.05) is 47.3 Å². The van der Waals surface area contributed by atoms with Gasteiger partial charge in [-0.25, -0.2) is 0 Å². The van der Waals surface area contributed by atoms with E-state index in [2.05, 4.69) is 40.3 Å². The minimum Gasteiger partial charge on any atom is -0.456 e. The van der Waals surface area contributed by atoms with E-state index in [4.69, 9.17) is 14.2 Å². The maximum atomic E-state index is 12.6. The van der Waals surface area contributed by atoms with Crippen LogP contribution in [0.15, 0.2) is 24.3 Å². The van der Waals surface area contributed by atoms with E-state index in [0.717, 1.165) is 25.7 Å². The second-order valence-corrected chi connectivity index (χ2v) is 14.8. The van der Waals surface area contributed by atoms with Crippen molar-refractivity contribution in [3.8, 4) is 0 Å². The molecule has 5 fully saturated rings. The average molecular weight is 541 g/mol. The Morgan fingerprint density at radius 2 is 1.95 bits per heavy atom. The third kappa shape index (κ3) is 3.26. The van der Waals surface area contributed by atoms with Gasteiger partial charge in [0.1, 0.15) is 0 Å². The number of allylic oxidation sites excluding steroid dienone is 2. The second kappa shape index (κ2) is 8.51. The van der Waals surface area contributed by atoms with Gasteiger partial charge in [-0.2, -0.15) is 0 Å². The number of ether oxygens (including phenoxy) is 3. The molecule has 0 aromatic carbocycles. The number of hydrogen-bond acceptors (Lipinski definition) is 6. The highest BCUT2D eigenvalue weighted by molar-refractivity contribution is 5.93. The van der Waals surface area contributed by atoms with Crippen LogP contribution in [0.1, 0.15) is 80.1 Å². The van der Waals surface area contributed by atoms with Crippen LogP contribution in [-0.4, -0.2) is 48.6 Å². The summed E-state index contributed by atoms with van der Waals surface area (Å²) >= 11 is 0. The largest absolute Gasteiger partial charge is 0.456 e. The number of rotatable bonds is 5. The first kappa shape index (κ1) is 27.7. The van der Waals surface area contributed by atoms with E-state index in [0.29, 0.717) is 29.8 Å². The summed E-state index contributed by atoms with van der Waals surface area (Å²) in [6.45, 7) is 17.2. The molecule has 6 rings (SSSR count). The Morgan fingerprint density at radius 3 is 2.62 bits per heavy atom. The third-order valence-corrected chi connectivity index (χ3v) is 13.6. The molecular formula is C33H48O6. The molecule has 1 aliphatic heterocycles. The molecule has 1 N–H and O–H groups in total. The summed E-state index contributed by atoms with van der Waals surface area (Å²) in [6.07, 6.45) is 9.82. The lowest BCUT2D eigenvalue weighted by molar-refractivity contribution is -0.314. The highest BCUT2D eigenvalue weighted by Crippen LogP contribution is 2.87. The lowest BCUT2D eigenvalue weighted by atomic mass is 9.43. The van der Waals surface area contributed by atoms with Crippen molar-refractivity contribution in [3.05, 3.63) is 24.3 Å². The quantitative estimate of drug-likeness (QED) is 0.367. The number of carbonyl (C=O) groups is 2. The fourth-order valence-electron chi connectivity index (χ4n) is 11.6. The van der Waals surface area contributed by atoms with Gasteiger partial charge in [0.2, 0.25) is 5.79 Å². The Kier molecular flexibility index (Phi) is 6.04. The zero-order valence-corrected chi connectivity index (χ0v) is 24.9. The molecule has 216 valence electrons. The molecule has 1 heterocycles. The molecule has 0 amide bonds. The molecule has 0 aromatic heterocycles. The summed E-state index contributed by atoms with van der Waals surface area (Å²) in [5.41, 5.74) is 0.943. The number of carbonyl (C=O) groups excluding carboxylic acids is 2. The lowest BCUT2D eigenvalue weighted by Crippen LogP contribution is -2.63. The zero-order valence-electron chi connectivity index (χ0n) is 24.9. The van der Waals surface area contributed by atoms with Gasteiger partial charge in [0.05, 0.1) is 12.7 Å². The summed E-state index contributed by atoms with van der Waals surface area (Å²) in [4.78, 5) is 24.9. The van der Waals surface area contributed by atoms with Crippen molar-refractivity contribution in [2.75, 3.05) is 13.7 Å². The highest BCUT2D eigenvalue weighted by atomic mass is 16.7. The monoisotopic (exact) mass is 540 g/mol. The van der Waals surface area contributed by atoms with Crippen LogP contribution in [0.5, 0.6) is 0 Å².